The first-order chi connectivity index (χ1) is 6.64. The van der Waals surface area contributed by atoms with E-state index in [4.69, 9.17) is 5.11 Å². The molecule has 1 aliphatic rings. The number of nitrogens with one attached hydrogen (secondary N) is 1. The monoisotopic (exact) mass is 197 g/mol. The molecule has 1 aromatic rings. The molecule has 76 valence electrons. The van der Waals surface area contributed by atoms with Crippen LogP contribution in [0.5, 0.6) is 0 Å². The number of carboxylic acid groups (broad SMARTS) is 1. The lowest BCUT2D eigenvalue weighted by molar-refractivity contribution is -0.142. The molecule has 2 N–H and O–H groups in total. The molecule has 0 unspecified atom stereocenters. The molecule has 0 atom stereocenters. The van der Waals surface area contributed by atoms with Gasteiger partial charge < -0.3 is 10.4 Å². The lowest BCUT2D eigenvalue weighted by atomic mass is 10.1. The molecule has 0 radical (unpaired) electrons. The minimum atomic E-state index is -0.750. The topological polar surface area (TPSA) is 92.9 Å². The van der Waals surface area contributed by atoms with E-state index in [2.05, 4.69) is 20.8 Å². The molecule has 0 amide bonds. The van der Waals surface area contributed by atoms with Crippen molar-refractivity contribution in [3.8, 4) is 0 Å². The van der Waals surface area contributed by atoms with Crippen LogP contribution in [0.25, 0.3) is 0 Å². The molecular weight excluding hydrogens is 186 g/mol. The van der Waals surface area contributed by atoms with Crippen LogP contribution < -0.4 is 5.32 Å². The van der Waals surface area contributed by atoms with Gasteiger partial charge in [0.05, 0.1) is 5.41 Å². The number of carbonyl (C=O) groups is 1. The van der Waals surface area contributed by atoms with E-state index in [0.29, 0.717) is 12.5 Å². The van der Waals surface area contributed by atoms with E-state index in [1.165, 1.54) is 4.68 Å². The largest absolute Gasteiger partial charge is 0.481 e. The number of carboxylic acids is 1. The SMILES string of the molecule is Cn1nnnc1NCC1(C(=O)O)CC1. The fourth-order valence-electron chi connectivity index (χ4n) is 1.24. The predicted molar refractivity (Wildman–Crippen MR) is 46.6 cm³/mol. The standard InChI is InChI=1S/C7H11N5O2/c1-12-6(9-10-11-12)8-4-7(2-3-7)5(13)14/h2-4H2,1H3,(H,13,14)(H,8,9,11). The number of anilines is 1. The predicted octanol–water partition coefficient (Wildman–Crippen LogP) is -0.513. The summed E-state index contributed by atoms with van der Waals surface area (Å²) in [5.41, 5.74) is -0.591. The van der Waals surface area contributed by atoms with Crippen LogP contribution in [0.3, 0.4) is 0 Å². The first-order valence-corrected chi connectivity index (χ1v) is 4.34. The van der Waals surface area contributed by atoms with Crippen LogP contribution in [-0.2, 0) is 11.8 Å². The minimum Gasteiger partial charge on any atom is -0.481 e. The van der Waals surface area contributed by atoms with Crippen molar-refractivity contribution >= 4 is 11.9 Å². The third-order valence-electron chi connectivity index (χ3n) is 2.51. The summed E-state index contributed by atoms with van der Waals surface area (Å²) in [5, 5.41) is 22.6. The van der Waals surface area contributed by atoms with Crippen LogP contribution >= 0.6 is 0 Å². The molecule has 0 aromatic carbocycles. The van der Waals surface area contributed by atoms with Gasteiger partial charge in [-0.15, -0.1) is 0 Å². The normalized spacial score (nSPS) is 17.8. The van der Waals surface area contributed by atoms with Gasteiger partial charge in [0.1, 0.15) is 0 Å². The summed E-state index contributed by atoms with van der Waals surface area (Å²) < 4.78 is 1.47. The fourth-order valence-corrected chi connectivity index (χ4v) is 1.24. The van der Waals surface area contributed by atoms with Gasteiger partial charge in [-0.05, 0) is 23.3 Å². The van der Waals surface area contributed by atoms with Gasteiger partial charge in [-0.1, -0.05) is 5.10 Å². The number of nitrogens with zero attached hydrogens (tertiary/aromatic N) is 4. The average Bonchev–Trinajstić information content (AvgIpc) is 2.83. The Kier molecular flexibility index (Phi) is 1.87. The minimum absolute atomic E-state index is 0.385. The maximum atomic E-state index is 10.8. The fraction of sp³-hybridized carbons (Fsp3) is 0.714. The molecule has 1 aromatic heterocycles. The van der Waals surface area contributed by atoms with Crippen molar-refractivity contribution < 1.29 is 9.90 Å². The summed E-state index contributed by atoms with van der Waals surface area (Å²) in [6, 6.07) is 0. The number of aliphatic carboxylic acids is 1. The number of aromatic nitrogens is 4. The Hall–Kier alpha value is -1.66. The van der Waals surface area contributed by atoms with Gasteiger partial charge >= 0.3 is 5.97 Å². The molecule has 1 fully saturated rings. The van der Waals surface area contributed by atoms with Crippen LogP contribution in [0.1, 0.15) is 12.8 Å². The Morgan fingerprint density at radius 3 is 2.86 bits per heavy atom. The Balaban J connectivity index is 1.95. The van der Waals surface area contributed by atoms with Gasteiger partial charge in [-0.2, -0.15) is 0 Å². The van der Waals surface area contributed by atoms with Gasteiger partial charge in [0.15, 0.2) is 0 Å². The van der Waals surface area contributed by atoms with E-state index in [9.17, 15) is 4.79 Å². The summed E-state index contributed by atoms with van der Waals surface area (Å²) in [6.45, 7) is 0.385. The molecule has 1 saturated carbocycles. The average molecular weight is 197 g/mol. The quantitative estimate of drug-likeness (QED) is 0.675. The molecule has 0 bridgehead atoms. The number of hydrogen-bond donors (Lipinski definition) is 2. The van der Waals surface area contributed by atoms with Crippen molar-refractivity contribution in [3.05, 3.63) is 0 Å². The van der Waals surface area contributed by atoms with E-state index in [1.54, 1.807) is 7.05 Å². The van der Waals surface area contributed by atoms with Gasteiger partial charge in [0.25, 0.3) is 0 Å². The summed E-state index contributed by atoms with van der Waals surface area (Å²) >= 11 is 0. The van der Waals surface area contributed by atoms with Crippen LogP contribution in [0.15, 0.2) is 0 Å². The van der Waals surface area contributed by atoms with E-state index < -0.39 is 11.4 Å². The molecule has 1 aliphatic carbocycles. The first kappa shape index (κ1) is 8.92. The maximum Gasteiger partial charge on any atom is 0.311 e. The molecule has 7 heteroatoms. The zero-order valence-corrected chi connectivity index (χ0v) is 7.77. The maximum absolute atomic E-state index is 10.8. The Bertz CT molecular complexity index is 357. The third-order valence-corrected chi connectivity index (χ3v) is 2.51. The van der Waals surface area contributed by atoms with Gasteiger partial charge in [-0.25, -0.2) is 4.68 Å². The molecule has 7 nitrogen and oxygen atoms in total. The highest BCUT2D eigenvalue weighted by Gasteiger charge is 2.50. The molecule has 14 heavy (non-hydrogen) atoms. The van der Waals surface area contributed by atoms with Crippen LogP contribution in [0.2, 0.25) is 0 Å². The number of hydrogen-bond acceptors (Lipinski definition) is 5. The Morgan fingerprint density at radius 2 is 2.43 bits per heavy atom. The van der Waals surface area contributed by atoms with Crippen molar-refractivity contribution in [1.29, 1.82) is 0 Å². The van der Waals surface area contributed by atoms with Crippen LogP contribution in [0.4, 0.5) is 5.95 Å². The lowest BCUT2D eigenvalue weighted by Crippen LogP contribution is -2.25. The van der Waals surface area contributed by atoms with Crippen molar-refractivity contribution in [3.63, 3.8) is 0 Å². The highest BCUT2D eigenvalue weighted by Crippen LogP contribution is 2.45. The first-order valence-electron chi connectivity index (χ1n) is 4.34. The smallest absolute Gasteiger partial charge is 0.311 e. The summed E-state index contributed by atoms with van der Waals surface area (Å²) in [4.78, 5) is 10.8. The van der Waals surface area contributed by atoms with Crippen LogP contribution in [-0.4, -0.2) is 37.8 Å². The van der Waals surface area contributed by atoms with Gasteiger partial charge in [0.2, 0.25) is 5.95 Å². The van der Waals surface area contributed by atoms with Crippen molar-refractivity contribution in [1.82, 2.24) is 20.2 Å². The van der Waals surface area contributed by atoms with Crippen molar-refractivity contribution in [2.45, 2.75) is 12.8 Å². The summed E-state index contributed by atoms with van der Waals surface area (Å²) in [7, 11) is 1.70. The zero-order valence-electron chi connectivity index (χ0n) is 7.77. The second-order valence-electron chi connectivity index (χ2n) is 3.57. The van der Waals surface area contributed by atoms with Crippen LogP contribution in [0, 0.1) is 5.41 Å². The molecule has 2 rings (SSSR count). The Labute approximate surface area is 80.1 Å². The van der Waals surface area contributed by atoms with Gasteiger partial charge in [0, 0.05) is 13.6 Å². The Morgan fingerprint density at radius 1 is 1.71 bits per heavy atom. The number of aryl methyl sites for hydroxylation is 1. The van der Waals surface area contributed by atoms with E-state index >= 15 is 0 Å². The highest BCUT2D eigenvalue weighted by atomic mass is 16.4. The molecule has 0 saturated heterocycles. The van der Waals surface area contributed by atoms with E-state index in [0.717, 1.165) is 12.8 Å². The highest BCUT2D eigenvalue weighted by molar-refractivity contribution is 5.78. The molecular formula is C7H11N5O2. The summed E-state index contributed by atoms with van der Waals surface area (Å²) in [6.07, 6.45) is 1.45. The molecule has 1 heterocycles. The third kappa shape index (κ3) is 1.40. The lowest BCUT2D eigenvalue weighted by Gasteiger charge is -2.09. The van der Waals surface area contributed by atoms with Gasteiger partial charge in [-0.3, -0.25) is 4.79 Å². The van der Waals surface area contributed by atoms with E-state index in [1.807, 2.05) is 0 Å². The zero-order chi connectivity index (χ0) is 10.2. The molecule has 0 aliphatic heterocycles. The van der Waals surface area contributed by atoms with Crippen molar-refractivity contribution in [2.75, 3.05) is 11.9 Å². The summed E-state index contributed by atoms with van der Waals surface area (Å²) in [5.74, 6) is -0.252. The number of rotatable bonds is 4. The second-order valence-corrected chi connectivity index (χ2v) is 3.57. The van der Waals surface area contributed by atoms with Crippen molar-refractivity contribution in [2.24, 2.45) is 12.5 Å². The second kappa shape index (κ2) is 2.93. The van der Waals surface area contributed by atoms with E-state index in [-0.39, 0.29) is 0 Å². The number of tetrazole rings is 1. The molecule has 0 spiro atoms.